The van der Waals surface area contributed by atoms with E-state index in [-0.39, 0.29) is 12.4 Å². The van der Waals surface area contributed by atoms with Crippen LogP contribution in [0.5, 0.6) is 0 Å². The standard InChI is InChI=1S/C12H13.ClH.Hf/c1-10(11-6-2-3-7-11)12-8-4-5-9-12;;/h2-6,8H,7,9H2,1H3;1H;/q;;+1/p-1. The van der Waals surface area contributed by atoms with Crippen LogP contribution in [-0.2, 0) is 24.4 Å². The van der Waals surface area contributed by atoms with Gasteiger partial charge in [-0.3, -0.25) is 0 Å². The Kier molecular flexibility index (Phi) is 4.15. The second kappa shape index (κ2) is 4.76. The molecule has 2 heteroatoms. The van der Waals surface area contributed by atoms with Gasteiger partial charge in [0.05, 0.1) is 0 Å². The van der Waals surface area contributed by atoms with Crippen molar-refractivity contribution in [2.45, 2.75) is 22.9 Å². The van der Waals surface area contributed by atoms with E-state index in [2.05, 4.69) is 43.4 Å². The van der Waals surface area contributed by atoms with Crippen LogP contribution in [0.3, 0.4) is 0 Å². The van der Waals surface area contributed by atoms with Gasteiger partial charge in [0.1, 0.15) is 0 Å². The normalized spacial score (nSPS) is 19.1. The summed E-state index contributed by atoms with van der Waals surface area (Å²) in [5, 5.41) is 0. The van der Waals surface area contributed by atoms with Crippen LogP contribution in [0.4, 0.5) is 0 Å². The molecule has 2 aliphatic carbocycles. The van der Waals surface area contributed by atoms with Gasteiger partial charge in [0, 0.05) is 0 Å². The first-order valence-corrected chi connectivity index (χ1v) is 6.48. The molecule has 0 aromatic rings. The molecule has 0 saturated carbocycles. The average molecular weight is 371 g/mol. The molecule has 0 heterocycles. The molecular weight excluding hydrogens is 358 g/mol. The molecule has 0 fully saturated rings. The predicted octanol–water partition coefficient (Wildman–Crippen LogP) is 0.488. The molecule has 0 saturated heterocycles. The second-order valence-electron chi connectivity index (χ2n) is 3.77. The van der Waals surface area contributed by atoms with Gasteiger partial charge in [-0.15, -0.1) is 0 Å². The minimum atomic E-state index is 0. The molecule has 2 aliphatic rings. The molecule has 72 valence electrons. The molecule has 14 heavy (non-hydrogen) atoms. The van der Waals surface area contributed by atoms with E-state index in [1.807, 2.05) is 0 Å². The zero-order valence-electron chi connectivity index (χ0n) is 8.26. The summed E-state index contributed by atoms with van der Waals surface area (Å²) in [6.45, 7) is 2.39. The van der Waals surface area contributed by atoms with Crippen molar-refractivity contribution in [1.29, 1.82) is 0 Å². The monoisotopic (exact) mass is 372 g/mol. The van der Waals surface area contributed by atoms with Crippen LogP contribution in [0.25, 0.3) is 0 Å². The van der Waals surface area contributed by atoms with Crippen molar-refractivity contribution in [2.24, 2.45) is 0 Å². The molecule has 0 unspecified atom stereocenters. The number of hydrogen-bond donors (Lipinski definition) is 0. The molecule has 0 radical (unpaired) electrons. The van der Waals surface area contributed by atoms with Gasteiger partial charge in [-0.2, -0.15) is 0 Å². The summed E-state index contributed by atoms with van der Waals surface area (Å²) < 4.78 is 0.396. The van der Waals surface area contributed by atoms with E-state index < -0.39 is 0 Å². The largest absolute Gasteiger partial charge is 1.00 e. The Hall–Kier alpha value is 0.120. The van der Waals surface area contributed by atoms with E-state index in [4.69, 9.17) is 0 Å². The first kappa shape index (κ1) is 12.2. The van der Waals surface area contributed by atoms with E-state index in [0.29, 0.717) is 3.17 Å². The first-order chi connectivity index (χ1) is 6.21. The Bertz CT molecular complexity index is 300. The Balaban J connectivity index is 0.000000980. The van der Waals surface area contributed by atoms with Crippen molar-refractivity contribution in [1.82, 2.24) is 0 Å². The molecule has 0 bridgehead atoms. The van der Waals surface area contributed by atoms with Crippen LogP contribution in [0.1, 0.15) is 19.8 Å². The SMILES string of the molecule is C[C]([Hf+])(C1=CC=CC1)C1=CC=CC1.[Cl-]. The Morgan fingerprint density at radius 2 is 1.50 bits per heavy atom. The van der Waals surface area contributed by atoms with E-state index >= 15 is 0 Å². The molecule has 2 rings (SSSR count). The van der Waals surface area contributed by atoms with E-state index in [9.17, 15) is 0 Å². The zero-order chi connectivity index (χ0) is 9.31. The summed E-state index contributed by atoms with van der Waals surface area (Å²) in [5.74, 6) is 0. The van der Waals surface area contributed by atoms with Crippen molar-refractivity contribution in [3.05, 3.63) is 47.6 Å². The van der Waals surface area contributed by atoms with Gasteiger partial charge in [-0.05, 0) is 0 Å². The van der Waals surface area contributed by atoms with Crippen LogP contribution >= 0.6 is 0 Å². The van der Waals surface area contributed by atoms with Crippen molar-refractivity contribution < 1.29 is 36.8 Å². The molecule has 0 aromatic heterocycles. The molecule has 0 N–H and O–H groups in total. The van der Waals surface area contributed by atoms with Gasteiger partial charge < -0.3 is 12.4 Å². The Labute approximate surface area is 107 Å². The number of halogens is 1. The zero-order valence-corrected chi connectivity index (χ0v) is 12.6. The van der Waals surface area contributed by atoms with Crippen LogP contribution in [0.15, 0.2) is 47.6 Å². The summed E-state index contributed by atoms with van der Waals surface area (Å²) in [6, 6.07) is 0. The molecule has 0 amide bonds. The fourth-order valence-corrected chi connectivity index (χ4v) is 3.17. The van der Waals surface area contributed by atoms with Crippen molar-refractivity contribution in [2.75, 3.05) is 0 Å². The van der Waals surface area contributed by atoms with Gasteiger partial charge in [0.15, 0.2) is 0 Å². The van der Waals surface area contributed by atoms with Crippen molar-refractivity contribution >= 4 is 0 Å². The molecule has 0 aliphatic heterocycles. The van der Waals surface area contributed by atoms with E-state index in [0.717, 1.165) is 12.8 Å². The molecule has 0 spiro atoms. The van der Waals surface area contributed by atoms with E-state index in [1.165, 1.54) is 24.4 Å². The number of hydrogen-bond acceptors (Lipinski definition) is 0. The van der Waals surface area contributed by atoms with E-state index in [1.54, 1.807) is 11.1 Å². The molecular formula is C12H13ClHf. The average Bonchev–Trinajstić information content (AvgIpc) is 2.78. The van der Waals surface area contributed by atoms with Gasteiger partial charge in [0.25, 0.3) is 0 Å². The van der Waals surface area contributed by atoms with Gasteiger partial charge in [-0.25, -0.2) is 0 Å². The maximum Gasteiger partial charge on any atom is -1.00 e. The number of rotatable bonds is 2. The van der Waals surface area contributed by atoms with Crippen molar-refractivity contribution in [3.63, 3.8) is 0 Å². The third-order valence-electron chi connectivity index (χ3n) is 2.83. The third kappa shape index (κ3) is 2.20. The minimum absolute atomic E-state index is 0. The van der Waals surface area contributed by atoms with Gasteiger partial charge >= 0.3 is 94.9 Å². The summed E-state index contributed by atoms with van der Waals surface area (Å²) in [6.07, 6.45) is 15.8. The quantitative estimate of drug-likeness (QED) is 0.620. The topological polar surface area (TPSA) is 0 Å². The van der Waals surface area contributed by atoms with Crippen LogP contribution < -0.4 is 12.4 Å². The first-order valence-electron chi connectivity index (χ1n) is 4.68. The summed E-state index contributed by atoms with van der Waals surface area (Å²) in [7, 11) is 0. The number of allylic oxidation sites excluding steroid dienone is 8. The molecule has 0 aromatic carbocycles. The fourth-order valence-electron chi connectivity index (χ4n) is 1.84. The van der Waals surface area contributed by atoms with Gasteiger partial charge in [-0.1, -0.05) is 0 Å². The maximum atomic E-state index is 2.39. The Morgan fingerprint density at radius 1 is 1.07 bits per heavy atom. The minimum Gasteiger partial charge on any atom is -1.00 e. The molecule has 0 nitrogen and oxygen atoms in total. The summed E-state index contributed by atoms with van der Waals surface area (Å²) in [5.41, 5.74) is 3.21. The van der Waals surface area contributed by atoms with Crippen LogP contribution in [0.2, 0.25) is 3.17 Å². The molecule has 0 atom stereocenters. The maximum absolute atomic E-state index is 2.39. The smallest absolute Gasteiger partial charge is 1.00 e. The van der Waals surface area contributed by atoms with Gasteiger partial charge in [0.2, 0.25) is 0 Å². The van der Waals surface area contributed by atoms with Crippen molar-refractivity contribution in [3.8, 4) is 0 Å². The van der Waals surface area contributed by atoms with Crippen LogP contribution in [-0.4, -0.2) is 0 Å². The van der Waals surface area contributed by atoms with Crippen LogP contribution in [0, 0.1) is 0 Å². The second-order valence-corrected chi connectivity index (χ2v) is 7.37. The summed E-state index contributed by atoms with van der Waals surface area (Å²) in [4.78, 5) is 0. The fraction of sp³-hybridized carbons (Fsp3) is 0.333. The third-order valence-corrected chi connectivity index (χ3v) is 5.13. The summed E-state index contributed by atoms with van der Waals surface area (Å²) >= 11 is 1.22. The predicted molar refractivity (Wildman–Crippen MR) is 52.0 cm³/mol. The Morgan fingerprint density at radius 3 is 1.79 bits per heavy atom.